The van der Waals surface area contributed by atoms with E-state index in [-0.39, 0.29) is 29.7 Å². The molecule has 0 spiro atoms. The Kier molecular flexibility index (Phi) is 21.1. The summed E-state index contributed by atoms with van der Waals surface area (Å²) in [4.78, 5) is 0. The molecule has 26 heavy (non-hydrogen) atoms. The number of hydrogen-bond acceptors (Lipinski definition) is 5. The van der Waals surface area contributed by atoms with E-state index in [1.165, 1.54) is 0 Å². The SMILES string of the molecule is C.C.C.C.C[Si](C)(C)O[Si](C)(C)O[Si](C)(CCNCCN)O[Si](C)(C)C. The minimum absolute atomic E-state index is 0. The first kappa shape index (κ1) is 37.4. The molecule has 0 bridgehead atoms. The molecule has 3 N–H and O–H groups in total. The highest BCUT2D eigenvalue weighted by atomic mass is 28.5. The van der Waals surface area contributed by atoms with Crippen molar-refractivity contribution in [2.24, 2.45) is 5.73 Å². The molecule has 0 aliphatic heterocycles. The molecule has 1 unspecified atom stereocenters. The van der Waals surface area contributed by atoms with E-state index in [0.717, 1.165) is 19.1 Å². The van der Waals surface area contributed by atoms with Gasteiger partial charge in [0.25, 0.3) is 0 Å². The molecule has 0 heterocycles. The molecule has 0 saturated carbocycles. The van der Waals surface area contributed by atoms with Gasteiger partial charge in [0.05, 0.1) is 0 Å². The second-order valence-corrected chi connectivity index (χ2v) is 24.8. The molecule has 0 aromatic heterocycles. The van der Waals surface area contributed by atoms with Gasteiger partial charge in [-0.05, 0) is 65.5 Å². The first-order valence-corrected chi connectivity index (χ1v) is 20.4. The minimum atomic E-state index is -2.25. The van der Waals surface area contributed by atoms with Crippen molar-refractivity contribution >= 4 is 33.8 Å². The van der Waals surface area contributed by atoms with Crippen molar-refractivity contribution in [2.75, 3.05) is 19.6 Å². The van der Waals surface area contributed by atoms with E-state index in [9.17, 15) is 0 Å². The van der Waals surface area contributed by atoms with E-state index in [4.69, 9.17) is 18.1 Å². The normalized spacial score (nSPS) is 14.1. The maximum atomic E-state index is 6.59. The summed E-state index contributed by atoms with van der Waals surface area (Å²) in [7, 11) is -7.70. The van der Waals surface area contributed by atoms with Gasteiger partial charge in [-0.2, -0.15) is 0 Å². The summed E-state index contributed by atoms with van der Waals surface area (Å²) in [5, 5.41) is 3.36. The lowest BCUT2D eigenvalue weighted by Crippen LogP contribution is -2.57. The van der Waals surface area contributed by atoms with E-state index >= 15 is 0 Å². The predicted molar refractivity (Wildman–Crippen MR) is 133 cm³/mol. The van der Waals surface area contributed by atoms with Crippen LogP contribution in [0, 0.1) is 0 Å². The van der Waals surface area contributed by atoms with Gasteiger partial charge in [-0.1, -0.05) is 29.7 Å². The Labute approximate surface area is 171 Å². The minimum Gasteiger partial charge on any atom is -0.437 e. The molecule has 0 aromatic carbocycles. The Morgan fingerprint density at radius 1 is 0.654 bits per heavy atom. The molecule has 0 fully saturated rings. The van der Waals surface area contributed by atoms with Crippen LogP contribution in [-0.4, -0.2) is 53.4 Å². The van der Waals surface area contributed by atoms with E-state index in [1.54, 1.807) is 0 Å². The van der Waals surface area contributed by atoms with Crippen LogP contribution in [0.4, 0.5) is 0 Å². The summed E-state index contributed by atoms with van der Waals surface area (Å²) < 4.78 is 19.4. The monoisotopic (exact) mass is 446 g/mol. The molecule has 0 aliphatic carbocycles. The molecule has 166 valence electrons. The Hall–Kier alpha value is 0.668. The van der Waals surface area contributed by atoms with Gasteiger partial charge in [-0.3, -0.25) is 0 Å². The Balaban J connectivity index is -0.000000367. The lowest BCUT2D eigenvalue weighted by molar-refractivity contribution is 0.323. The van der Waals surface area contributed by atoms with Gasteiger partial charge in [-0.15, -0.1) is 0 Å². The number of rotatable bonds is 11. The van der Waals surface area contributed by atoms with Crippen LogP contribution in [0.25, 0.3) is 0 Å². The zero-order valence-electron chi connectivity index (χ0n) is 16.1. The van der Waals surface area contributed by atoms with E-state index in [2.05, 4.69) is 64.2 Å². The second-order valence-electron chi connectivity index (χ2n) is 8.35. The van der Waals surface area contributed by atoms with E-state index in [1.807, 2.05) is 0 Å². The van der Waals surface area contributed by atoms with Gasteiger partial charge in [0, 0.05) is 19.1 Å². The summed E-state index contributed by atoms with van der Waals surface area (Å²) in [6.45, 7) is 22.2. The summed E-state index contributed by atoms with van der Waals surface area (Å²) in [5.74, 6) is 0. The third-order valence-corrected chi connectivity index (χ3v) is 16.1. The van der Waals surface area contributed by atoms with Crippen LogP contribution in [-0.2, 0) is 12.3 Å². The highest BCUT2D eigenvalue weighted by Crippen LogP contribution is 2.26. The fourth-order valence-corrected chi connectivity index (χ4v) is 20.4. The van der Waals surface area contributed by atoms with Crippen LogP contribution in [0.1, 0.15) is 29.7 Å². The Morgan fingerprint density at radius 3 is 1.42 bits per heavy atom. The van der Waals surface area contributed by atoms with Crippen LogP contribution in [0.2, 0.25) is 65.0 Å². The number of nitrogens with one attached hydrogen (secondary N) is 1. The third-order valence-electron chi connectivity index (χ3n) is 2.61. The highest BCUT2D eigenvalue weighted by molar-refractivity contribution is 6.89. The zero-order chi connectivity index (χ0) is 17.7. The smallest absolute Gasteiger partial charge is 0.317 e. The van der Waals surface area contributed by atoms with Crippen molar-refractivity contribution in [3.63, 3.8) is 0 Å². The Bertz CT molecular complexity index is 335. The van der Waals surface area contributed by atoms with Crippen LogP contribution in [0.15, 0.2) is 0 Å². The second kappa shape index (κ2) is 14.6. The van der Waals surface area contributed by atoms with Crippen molar-refractivity contribution < 1.29 is 12.3 Å². The summed E-state index contributed by atoms with van der Waals surface area (Å²) in [6, 6.07) is 0.933. The molecule has 0 aliphatic rings. The summed E-state index contributed by atoms with van der Waals surface area (Å²) >= 11 is 0. The fourth-order valence-electron chi connectivity index (χ4n) is 2.59. The zero-order valence-corrected chi connectivity index (χ0v) is 20.1. The van der Waals surface area contributed by atoms with Crippen molar-refractivity contribution in [3.8, 4) is 0 Å². The van der Waals surface area contributed by atoms with Crippen molar-refractivity contribution in [2.45, 2.75) is 94.7 Å². The van der Waals surface area contributed by atoms with Crippen molar-refractivity contribution in [1.29, 1.82) is 0 Å². The molecule has 0 amide bonds. The predicted octanol–water partition coefficient (Wildman–Crippen LogP) is 5.57. The van der Waals surface area contributed by atoms with E-state index in [0.29, 0.717) is 6.54 Å². The van der Waals surface area contributed by atoms with Crippen molar-refractivity contribution in [1.82, 2.24) is 5.32 Å². The average molecular weight is 447 g/mol. The van der Waals surface area contributed by atoms with Gasteiger partial charge in [0.15, 0.2) is 16.6 Å². The number of hydrogen-bond donors (Lipinski definition) is 2. The maximum Gasteiger partial charge on any atom is 0.317 e. The largest absolute Gasteiger partial charge is 0.437 e. The summed E-state index contributed by atoms with van der Waals surface area (Å²) in [6.07, 6.45) is 0. The highest BCUT2D eigenvalue weighted by Gasteiger charge is 2.44. The molecule has 9 heteroatoms. The topological polar surface area (TPSA) is 65.7 Å². The van der Waals surface area contributed by atoms with E-state index < -0.39 is 33.8 Å². The molecular formula is C17H54N2O3Si4. The summed E-state index contributed by atoms with van der Waals surface area (Å²) in [5.41, 5.74) is 5.54. The van der Waals surface area contributed by atoms with Gasteiger partial charge in [-0.25, -0.2) is 0 Å². The molecular weight excluding hydrogens is 393 g/mol. The fraction of sp³-hybridized carbons (Fsp3) is 1.00. The molecule has 1 atom stereocenters. The first-order chi connectivity index (χ1) is 9.68. The van der Waals surface area contributed by atoms with Crippen LogP contribution in [0.3, 0.4) is 0 Å². The van der Waals surface area contributed by atoms with Gasteiger partial charge < -0.3 is 23.4 Å². The molecule has 5 nitrogen and oxygen atoms in total. The molecule has 0 saturated heterocycles. The first-order valence-electron chi connectivity index (χ1n) is 8.19. The maximum absolute atomic E-state index is 6.59. The molecule has 0 rings (SSSR count). The quantitative estimate of drug-likeness (QED) is 0.320. The molecule has 0 aromatic rings. The van der Waals surface area contributed by atoms with Gasteiger partial charge in [0.2, 0.25) is 0 Å². The number of nitrogens with two attached hydrogens (primary N) is 1. The Morgan fingerprint density at radius 2 is 1.08 bits per heavy atom. The molecule has 0 radical (unpaired) electrons. The lowest BCUT2D eigenvalue weighted by Gasteiger charge is -2.41. The van der Waals surface area contributed by atoms with Crippen LogP contribution >= 0.6 is 0 Å². The third kappa shape index (κ3) is 21.0. The lowest BCUT2D eigenvalue weighted by atomic mass is 10.6. The average Bonchev–Trinajstić information content (AvgIpc) is 2.16. The van der Waals surface area contributed by atoms with Crippen LogP contribution < -0.4 is 11.1 Å². The van der Waals surface area contributed by atoms with Crippen LogP contribution in [0.5, 0.6) is 0 Å². The standard InChI is InChI=1S/C13H38N2O3Si4.4CH4/c1-19(2,3)16-21(7,8)18-22(9,17-20(4,5)6)13-12-15-11-10-14;;;;/h15H,10-14H2,1-9H3;4*1H4. The van der Waals surface area contributed by atoms with Gasteiger partial charge >= 0.3 is 17.1 Å². The van der Waals surface area contributed by atoms with Crippen molar-refractivity contribution in [3.05, 3.63) is 0 Å². The van der Waals surface area contributed by atoms with Gasteiger partial charge in [0.1, 0.15) is 0 Å².